The number of ether oxygens (including phenoxy) is 5. The summed E-state index contributed by atoms with van der Waals surface area (Å²) in [5.41, 5.74) is 5.41. The summed E-state index contributed by atoms with van der Waals surface area (Å²) < 4.78 is 79.7. The zero-order chi connectivity index (χ0) is 29.0. The summed E-state index contributed by atoms with van der Waals surface area (Å²) in [6.45, 7) is -4.35. The van der Waals surface area contributed by atoms with E-state index in [2.05, 4.69) is 11.1 Å². The highest BCUT2D eigenvalue weighted by Crippen LogP contribution is 2.31. The maximum absolute atomic E-state index is 9.97. The molecule has 1 heterocycles. The van der Waals surface area contributed by atoms with Crippen molar-refractivity contribution in [2.45, 2.75) is 12.2 Å². The highest BCUT2D eigenvalue weighted by Gasteiger charge is 2.24. The average molecular weight is 467 g/mol. The standard InChI is InChI=1S/C11H17NO3.C10H12O3.CH5N.ClH/c1-12-7-11(13)9-4-3-5-10(6-9)15-8-14-2;1-11-7-13-9-4-2-3-8(5-9)10-6-12-10;1-2;/h3-6,11-13H,7-8H2,1-2H3;2-5,10H,6-7H2,1H3;2H2,1H3;1H/i1D3,11D;10D;1D3;. The van der Waals surface area contributed by atoms with Crippen LogP contribution in [-0.4, -0.2) is 60.0 Å². The molecule has 1 fully saturated rings. The summed E-state index contributed by atoms with van der Waals surface area (Å²) in [5.74, 6) is 1.13. The summed E-state index contributed by atoms with van der Waals surface area (Å²) in [6.07, 6.45) is -2.90. The first kappa shape index (κ1) is 17.6. The minimum atomic E-state index is -2.40. The third-order valence-corrected chi connectivity index (χ3v) is 3.55. The Morgan fingerprint density at radius 2 is 1.77 bits per heavy atom. The molecule has 2 aromatic carbocycles. The van der Waals surface area contributed by atoms with Gasteiger partial charge in [0.25, 0.3) is 0 Å². The van der Waals surface area contributed by atoms with E-state index in [1.807, 2.05) is 18.2 Å². The number of hydrogen-bond acceptors (Lipinski definition) is 8. The van der Waals surface area contributed by atoms with Crippen molar-refractivity contribution in [2.75, 3.05) is 54.9 Å². The maximum atomic E-state index is 9.97. The quantitative estimate of drug-likeness (QED) is 0.362. The zero-order valence-corrected chi connectivity index (χ0v) is 18.2. The Labute approximate surface area is 202 Å². The molecule has 1 saturated heterocycles. The zero-order valence-electron chi connectivity index (χ0n) is 25.4. The van der Waals surface area contributed by atoms with Crippen molar-refractivity contribution in [3.05, 3.63) is 59.7 Å². The molecule has 0 saturated carbocycles. The van der Waals surface area contributed by atoms with Crippen molar-refractivity contribution in [1.82, 2.24) is 5.32 Å². The van der Waals surface area contributed by atoms with Crippen LogP contribution in [-0.2, 0) is 14.2 Å². The number of hydrogen-bond donors (Lipinski definition) is 3. The van der Waals surface area contributed by atoms with Gasteiger partial charge in [0.1, 0.15) is 17.6 Å². The second kappa shape index (κ2) is 17.7. The van der Waals surface area contributed by atoms with Gasteiger partial charge in [-0.2, -0.15) is 0 Å². The van der Waals surface area contributed by atoms with Gasteiger partial charge in [0.2, 0.25) is 0 Å². The number of aliphatic hydroxyl groups is 1. The highest BCUT2D eigenvalue weighted by molar-refractivity contribution is 5.85. The first-order chi connectivity index (χ1) is 17.5. The second-order valence-electron chi connectivity index (χ2n) is 5.67. The van der Waals surface area contributed by atoms with E-state index in [9.17, 15) is 5.11 Å². The Balaban J connectivity index is 0.000000634. The van der Waals surface area contributed by atoms with E-state index in [4.69, 9.17) is 34.7 Å². The third-order valence-electron chi connectivity index (χ3n) is 3.55. The molecule has 1 aliphatic rings. The van der Waals surface area contributed by atoms with E-state index >= 15 is 0 Å². The molecule has 176 valence electrons. The first-order valence-electron chi connectivity index (χ1n) is 12.8. The largest absolute Gasteiger partial charge is 0.468 e. The lowest BCUT2D eigenvalue weighted by atomic mass is 10.1. The molecule has 2 aromatic rings. The normalized spacial score (nSPS) is 22.6. The van der Waals surface area contributed by atoms with Crippen molar-refractivity contribution in [2.24, 2.45) is 5.73 Å². The van der Waals surface area contributed by atoms with Gasteiger partial charge in [-0.1, -0.05) is 24.3 Å². The molecule has 2 unspecified atom stereocenters. The molecule has 2 atom stereocenters. The Bertz CT molecular complexity index is 972. The smallest absolute Gasteiger partial charge is 0.188 e. The lowest BCUT2D eigenvalue weighted by molar-refractivity contribution is 0.0507. The van der Waals surface area contributed by atoms with Crippen molar-refractivity contribution < 1.29 is 39.8 Å². The number of epoxide rings is 1. The number of nitrogens with one attached hydrogen (secondary N) is 1. The van der Waals surface area contributed by atoms with Gasteiger partial charge in [-0.3, -0.25) is 0 Å². The van der Waals surface area contributed by atoms with Crippen LogP contribution in [0.25, 0.3) is 0 Å². The molecule has 0 aromatic heterocycles. The third kappa shape index (κ3) is 11.9. The highest BCUT2D eigenvalue weighted by atomic mass is 35.5. The van der Waals surface area contributed by atoms with E-state index in [-0.39, 0.29) is 31.6 Å². The van der Waals surface area contributed by atoms with E-state index in [1.54, 1.807) is 25.3 Å². The number of benzene rings is 2. The maximum Gasteiger partial charge on any atom is 0.188 e. The number of rotatable bonds is 10. The average Bonchev–Trinajstić information content (AvgIpc) is 3.58. The van der Waals surface area contributed by atoms with Crippen LogP contribution >= 0.6 is 12.4 Å². The minimum absolute atomic E-state index is 0. The Kier molecular flexibility index (Phi) is 10.1. The van der Waals surface area contributed by atoms with Crippen molar-refractivity contribution >= 4 is 12.4 Å². The fraction of sp³-hybridized carbons (Fsp3) is 0.455. The Morgan fingerprint density at radius 3 is 2.32 bits per heavy atom. The molecule has 0 bridgehead atoms. The summed E-state index contributed by atoms with van der Waals surface area (Å²) in [7, 11) is 3.05. The lowest BCUT2D eigenvalue weighted by Gasteiger charge is -2.12. The summed E-state index contributed by atoms with van der Waals surface area (Å²) >= 11 is 0. The van der Waals surface area contributed by atoms with Gasteiger partial charge in [0.15, 0.2) is 13.6 Å². The van der Waals surface area contributed by atoms with E-state index < -0.39 is 32.7 Å². The van der Waals surface area contributed by atoms with Crippen LogP contribution in [0.1, 0.15) is 34.3 Å². The van der Waals surface area contributed by atoms with Crippen LogP contribution in [0.15, 0.2) is 48.5 Å². The van der Waals surface area contributed by atoms with Crippen molar-refractivity contribution in [3.8, 4) is 11.5 Å². The molecule has 9 heteroatoms. The van der Waals surface area contributed by atoms with Gasteiger partial charge < -0.3 is 39.8 Å². The molecule has 8 nitrogen and oxygen atoms in total. The SMILES string of the molecule is Cl.[2H]C([2H])([2H])N.[2H]C([2H])([2H])NCC([2H])(O)c1cccc(OCOC)c1.[2H]C1(c2cccc(OCOC)c2)CO1. The van der Waals surface area contributed by atoms with Crippen LogP contribution in [0.5, 0.6) is 11.5 Å². The van der Waals surface area contributed by atoms with Crippen LogP contribution in [0.2, 0.25) is 0 Å². The van der Waals surface area contributed by atoms with E-state index in [1.165, 1.54) is 19.2 Å². The second-order valence-corrected chi connectivity index (χ2v) is 5.67. The van der Waals surface area contributed by atoms with Crippen molar-refractivity contribution in [1.29, 1.82) is 0 Å². The lowest BCUT2D eigenvalue weighted by Crippen LogP contribution is -2.16. The molecular formula is C22H35ClN2O6. The summed E-state index contributed by atoms with van der Waals surface area (Å²) in [6, 6.07) is 13.6. The fourth-order valence-corrected chi connectivity index (χ4v) is 2.17. The van der Waals surface area contributed by atoms with Gasteiger partial charge in [0.05, 0.1) is 15.4 Å². The van der Waals surface area contributed by atoms with Gasteiger partial charge >= 0.3 is 0 Å². The molecular weight excluding hydrogens is 424 g/mol. The molecule has 0 aliphatic carbocycles. The van der Waals surface area contributed by atoms with Gasteiger partial charge in [0, 0.05) is 29.0 Å². The molecule has 0 spiro atoms. The molecule has 0 radical (unpaired) electrons. The first-order valence-corrected chi connectivity index (χ1v) is 8.84. The van der Waals surface area contributed by atoms with Gasteiger partial charge in [-0.05, 0) is 49.3 Å². The summed E-state index contributed by atoms with van der Waals surface area (Å²) in [4.78, 5) is 0. The van der Waals surface area contributed by atoms with Crippen LogP contribution in [0, 0.1) is 0 Å². The molecule has 0 amide bonds. The molecule has 31 heavy (non-hydrogen) atoms. The molecule has 3 rings (SSSR count). The van der Waals surface area contributed by atoms with Crippen LogP contribution in [0.4, 0.5) is 0 Å². The van der Waals surface area contributed by atoms with E-state index in [0.29, 0.717) is 18.1 Å². The summed E-state index contributed by atoms with van der Waals surface area (Å²) in [5, 5.41) is 12.1. The Morgan fingerprint density at radius 1 is 1.19 bits per heavy atom. The topological polar surface area (TPSA) is 108 Å². The van der Waals surface area contributed by atoms with Crippen LogP contribution < -0.4 is 20.5 Å². The van der Waals surface area contributed by atoms with Crippen LogP contribution in [0.3, 0.4) is 0 Å². The predicted molar refractivity (Wildman–Crippen MR) is 123 cm³/mol. The number of likely N-dealkylation sites (N-methyl/N-ethyl adjacent to an activating group) is 1. The molecule has 4 N–H and O–H groups in total. The molecule has 1 aliphatic heterocycles. The Hall–Kier alpha value is -1.91. The number of nitrogens with two attached hydrogens (primary N) is 1. The van der Waals surface area contributed by atoms with E-state index in [0.717, 1.165) is 5.56 Å². The van der Waals surface area contributed by atoms with Crippen molar-refractivity contribution in [3.63, 3.8) is 0 Å². The predicted octanol–water partition coefficient (Wildman–Crippen LogP) is 2.66. The van der Waals surface area contributed by atoms with Gasteiger partial charge in [-0.15, -0.1) is 12.4 Å². The monoisotopic (exact) mass is 466 g/mol. The number of methoxy groups -OCH3 is 2. The number of halogens is 1. The fourth-order valence-electron chi connectivity index (χ4n) is 2.17. The van der Waals surface area contributed by atoms with Gasteiger partial charge in [-0.25, -0.2) is 0 Å². The minimum Gasteiger partial charge on any atom is -0.468 e.